The molecular formula is C6H8BrN3O2. The Labute approximate surface area is 77.7 Å². The Hall–Kier alpha value is -0.910. The second-order valence-electron chi connectivity index (χ2n) is 2.32. The van der Waals surface area contributed by atoms with E-state index in [0.717, 1.165) is 6.42 Å². The molecule has 12 heavy (non-hydrogen) atoms. The standard InChI is InChI=1S/C6H8BrN3O2/c1-2-3-9-4-5(7)6(8-9)10(11)12/h4H,2-3H2,1H3. The molecule has 1 rings (SSSR count). The number of aromatic nitrogens is 2. The maximum atomic E-state index is 10.3. The average Bonchev–Trinajstić information content (AvgIpc) is 2.32. The van der Waals surface area contributed by atoms with E-state index < -0.39 is 4.92 Å². The highest BCUT2D eigenvalue weighted by Gasteiger charge is 2.17. The quantitative estimate of drug-likeness (QED) is 0.593. The first-order chi connectivity index (χ1) is 5.65. The third-order valence-electron chi connectivity index (χ3n) is 1.32. The van der Waals surface area contributed by atoms with Crippen LogP contribution in [-0.4, -0.2) is 14.7 Å². The van der Waals surface area contributed by atoms with Crippen molar-refractivity contribution < 1.29 is 4.92 Å². The topological polar surface area (TPSA) is 61.0 Å². The van der Waals surface area contributed by atoms with Gasteiger partial charge in [0.15, 0.2) is 0 Å². The minimum Gasteiger partial charge on any atom is -0.358 e. The first-order valence-corrected chi connectivity index (χ1v) is 4.31. The van der Waals surface area contributed by atoms with Crippen LogP contribution in [0.5, 0.6) is 0 Å². The lowest BCUT2D eigenvalue weighted by molar-refractivity contribution is -0.390. The maximum absolute atomic E-state index is 10.3. The Morgan fingerprint density at radius 1 is 1.83 bits per heavy atom. The predicted octanol–water partition coefficient (Wildman–Crippen LogP) is 1.96. The first-order valence-electron chi connectivity index (χ1n) is 3.52. The van der Waals surface area contributed by atoms with Crippen LogP contribution in [0.25, 0.3) is 0 Å². The van der Waals surface area contributed by atoms with E-state index in [-0.39, 0.29) is 5.82 Å². The van der Waals surface area contributed by atoms with Crippen molar-refractivity contribution in [1.29, 1.82) is 0 Å². The van der Waals surface area contributed by atoms with Gasteiger partial charge in [-0.05, 0) is 27.3 Å². The smallest absolute Gasteiger partial charge is 0.358 e. The molecule has 6 heteroatoms. The van der Waals surface area contributed by atoms with Crippen molar-refractivity contribution in [2.24, 2.45) is 0 Å². The number of nitrogens with zero attached hydrogens (tertiary/aromatic N) is 3. The van der Waals surface area contributed by atoms with E-state index in [1.54, 1.807) is 10.9 Å². The third kappa shape index (κ3) is 1.82. The van der Waals surface area contributed by atoms with E-state index in [4.69, 9.17) is 0 Å². The summed E-state index contributed by atoms with van der Waals surface area (Å²) in [7, 11) is 0. The highest BCUT2D eigenvalue weighted by atomic mass is 79.9. The summed E-state index contributed by atoms with van der Waals surface area (Å²) in [5.74, 6) is -0.122. The molecule has 5 nitrogen and oxygen atoms in total. The zero-order valence-corrected chi connectivity index (χ0v) is 8.11. The van der Waals surface area contributed by atoms with Gasteiger partial charge in [-0.25, -0.2) is 0 Å². The van der Waals surface area contributed by atoms with Crippen LogP contribution in [0.2, 0.25) is 0 Å². The van der Waals surface area contributed by atoms with Crippen molar-refractivity contribution in [3.8, 4) is 0 Å². The molecule has 0 aliphatic carbocycles. The van der Waals surface area contributed by atoms with Gasteiger partial charge in [-0.2, -0.15) is 4.68 Å². The molecule has 0 saturated heterocycles. The summed E-state index contributed by atoms with van der Waals surface area (Å²) in [6.45, 7) is 2.69. The molecule has 1 heterocycles. The molecule has 0 N–H and O–H groups in total. The minimum absolute atomic E-state index is 0.122. The van der Waals surface area contributed by atoms with Gasteiger partial charge in [0, 0.05) is 0 Å². The second kappa shape index (κ2) is 3.66. The number of hydrogen-bond acceptors (Lipinski definition) is 3. The van der Waals surface area contributed by atoms with Crippen LogP contribution in [0.1, 0.15) is 13.3 Å². The molecule has 0 radical (unpaired) electrons. The van der Waals surface area contributed by atoms with Crippen molar-refractivity contribution in [2.45, 2.75) is 19.9 Å². The van der Waals surface area contributed by atoms with Crippen LogP contribution in [0.15, 0.2) is 10.7 Å². The molecule has 0 fully saturated rings. The van der Waals surface area contributed by atoms with Gasteiger partial charge in [-0.1, -0.05) is 6.92 Å². The lowest BCUT2D eigenvalue weighted by Gasteiger charge is -1.88. The van der Waals surface area contributed by atoms with Gasteiger partial charge in [0.2, 0.25) is 0 Å². The molecule has 1 aromatic rings. The van der Waals surface area contributed by atoms with Gasteiger partial charge in [0.05, 0.1) is 17.8 Å². The van der Waals surface area contributed by atoms with Gasteiger partial charge in [0.1, 0.15) is 4.47 Å². The zero-order valence-electron chi connectivity index (χ0n) is 6.53. The molecule has 0 spiro atoms. The molecule has 0 saturated carbocycles. The lowest BCUT2D eigenvalue weighted by Crippen LogP contribution is -1.98. The monoisotopic (exact) mass is 233 g/mol. The fourth-order valence-corrected chi connectivity index (χ4v) is 1.31. The van der Waals surface area contributed by atoms with E-state index in [0.29, 0.717) is 11.0 Å². The highest BCUT2D eigenvalue weighted by molar-refractivity contribution is 9.10. The Kier molecular flexibility index (Phi) is 2.80. The van der Waals surface area contributed by atoms with E-state index in [9.17, 15) is 10.1 Å². The van der Waals surface area contributed by atoms with Crippen LogP contribution in [0.4, 0.5) is 5.82 Å². The molecular weight excluding hydrogens is 226 g/mol. The van der Waals surface area contributed by atoms with Gasteiger partial charge in [-0.15, -0.1) is 0 Å². The summed E-state index contributed by atoms with van der Waals surface area (Å²) in [4.78, 5) is 9.84. The summed E-state index contributed by atoms with van der Waals surface area (Å²) < 4.78 is 1.99. The largest absolute Gasteiger partial charge is 0.404 e. The highest BCUT2D eigenvalue weighted by Crippen LogP contribution is 2.21. The minimum atomic E-state index is -0.504. The summed E-state index contributed by atoms with van der Waals surface area (Å²) in [6, 6.07) is 0. The molecule has 0 bridgehead atoms. The van der Waals surface area contributed by atoms with Crippen molar-refractivity contribution in [3.63, 3.8) is 0 Å². The number of halogens is 1. The SMILES string of the molecule is CCCn1cc(Br)c([N+](=O)[O-])n1. The normalized spacial score (nSPS) is 10.2. The van der Waals surface area contributed by atoms with Crippen LogP contribution >= 0.6 is 15.9 Å². The Morgan fingerprint density at radius 2 is 2.50 bits per heavy atom. The molecule has 0 aliphatic rings. The second-order valence-corrected chi connectivity index (χ2v) is 3.18. The third-order valence-corrected chi connectivity index (χ3v) is 1.88. The first kappa shape index (κ1) is 9.18. The number of rotatable bonds is 3. The molecule has 1 aromatic heterocycles. The summed E-state index contributed by atoms with van der Waals surface area (Å²) in [5.41, 5.74) is 0. The zero-order chi connectivity index (χ0) is 9.14. The van der Waals surface area contributed by atoms with Crippen LogP contribution in [0.3, 0.4) is 0 Å². The fourth-order valence-electron chi connectivity index (χ4n) is 0.854. The summed E-state index contributed by atoms with van der Waals surface area (Å²) in [5, 5.41) is 14.1. The van der Waals surface area contributed by atoms with E-state index >= 15 is 0 Å². The van der Waals surface area contributed by atoms with E-state index in [1.165, 1.54) is 0 Å². The molecule has 0 aliphatic heterocycles. The van der Waals surface area contributed by atoms with Gasteiger partial charge < -0.3 is 10.1 Å². The predicted molar refractivity (Wildman–Crippen MR) is 46.9 cm³/mol. The van der Waals surface area contributed by atoms with Crippen LogP contribution in [0, 0.1) is 10.1 Å². The Balaban J connectivity index is 2.92. The molecule has 0 amide bonds. The average molecular weight is 234 g/mol. The van der Waals surface area contributed by atoms with Gasteiger partial charge in [0.25, 0.3) is 0 Å². The van der Waals surface area contributed by atoms with Crippen molar-refractivity contribution in [3.05, 3.63) is 20.8 Å². The van der Waals surface area contributed by atoms with Crippen molar-refractivity contribution in [2.75, 3.05) is 0 Å². The van der Waals surface area contributed by atoms with Crippen LogP contribution < -0.4 is 0 Å². The van der Waals surface area contributed by atoms with Crippen molar-refractivity contribution in [1.82, 2.24) is 9.78 Å². The lowest BCUT2D eigenvalue weighted by atomic mass is 10.5. The molecule has 66 valence electrons. The van der Waals surface area contributed by atoms with Crippen LogP contribution in [-0.2, 0) is 6.54 Å². The Bertz CT molecular complexity index is 297. The fraction of sp³-hybridized carbons (Fsp3) is 0.500. The summed E-state index contributed by atoms with van der Waals surface area (Å²) >= 11 is 3.06. The molecule has 0 atom stereocenters. The van der Waals surface area contributed by atoms with Crippen molar-refractivity contribution >= 4 is 21.7 Å². The summed E-state index contributed by atoms with van der Waals surface area (Å²) in [6.07, 6.45) is 2.52. The van der Waals surface area contributed by atoms with Gasteiger partial charge >= 0.3 is 5.82 Å². The molecule has 0 unspecified atom stereocenters. The van der Waals surface area contributed by atoms with E-state index in [1.807, 2.05) is 6.92 Å². The maximum Gasteiger partial charge on any atom is 0.404 e. The molecule has 0 aromatic carbocycles. The number of nitro groups is 1. The number of aryl methyl sites for hydroxylation is 1. The number of hydrogen-bond donors (Lipinski definition) is 0. The Morgan fingerprint density at radius 3 is 2.92 bits per heavy atom. The van der Waals surface area contributed by atoms with E-state index in [2.05, 4.69) is 21.0 Å². The van der Waals surface area contributed by atoms with Gasteiger partial charge in [-0.3, -0.25) is 0 Å².